The Bertz CT molecular complexity index is 344. The van der Waals surface area contributed by atoms with Gasteiger partial charge in [-0.05, 0) is 23.8 Å². The topological polar surface area (TPSA) is 37.3 Å². The monoisotopic (exact) mass is 220 g/mol. The lowest BCUT2D eigenvalue weighted by Gasteiger charge is -1.93. The fourth-order valence-electron chi connectivity index (χ4n) is 0.839. The Morgan fingerprint density at radius 3 is 2.14 bits per heavy atom. The van der Waals surface area contributed by atoms with Gasteiger partial charge in [0.1, 0.15) is 11.6 Å². The summed E-state index contributed by atoms with van der Waals surface area (Å²) in [6.07, 6.45) is 1.93. The molecule has 0 amide bonds. The van der Waals surface area contributed by atoms with E-state index in [-0.39, 0.29) is 18.0 Å². The van der Waals surface area contributed by atoms with Crippen LogP contribution in [-0.2, 0) is 4.79 Å². The van der Waals surface area contributed by atoms with Crippen LogP contribution in [0.2, 0.25) is 0 Å². The Hall–Kier alpha value is -1.42. The first kappa shape index (κ1) is 12.6. The van der Waals surface area contributed by atoms with Gasteiger partial charge in [-0.1, -0.05) is 0 Å². The normalized spacial score (nSPS) is 9.86. The molecule has 76 valence electrons. The number of carbonyl (C=O) groups is 1. The van der Waals surface area contributed by atoms with Crippen LogP contribution in [0.5, 0.6) is 0 Å². The molecule has 1 aromatic carbocycles. The SMILES string of the molecule is Cl.O=C(O)C=Cc1cc(F)cc(F)c1. The van der Waals surface area contributed by atoms with Gasteiger partial charge in [-0.25, -0.2) is 13.6 Å². The molecule has 1 N–H and O–H groups in total. The van der Waals surface area contributed by atoms with Crippen molar-refractivity contribution in [1.29, 1.82) is 0 Å². The fourth-order valence-corrected chi connectivity index (χ4v) is 0.839. The minimum Gasteiger partial charge on any atom is -0.478 e. The van der Waals surface area contributed by atoms with Crippen molar-refractivity contribution in [2.45, 2.75) is 0 Å². The zero-order valence-corrected chi connectivity index (χ0v) is 7.72. The maximum atomic E-state index is 12.5. The third-order valence-electron chi connectivity index (χ3n) is 1.30. The standard InChI is InChI=1S/C9H6F2O2.ClH/c10-7-3-6(1-2-9(12)13)4-8(11)5-7;/h1-5H,(H,12,13);1H. The molecule has 0 bridgehead atoms. The van der Waals surface area contributed by atoms with Crippen LogP contribution in [0, 0.1) is 11.6 Å². The van der Waals surface area contributed by atoms with Gasteiger partial charge in [-0.15, -0.1) is 12.4 Å². The summed E-state index contributed by atoms with van der Waals surface area (Å²) >= 11 is 0. The van der Waals surface area contributed by atoms with Crippen molar-refractivity contribution in [2.24, 2.45) is 0 Å². The molecule has 0 fully saturated rings. The zero-order valence-electron chi connectivity index (χ0n) is 6.91. The average molecular weight is 221 g/mol. The lowest BCUT2D eigenvalue weighted by atomic mass is 10.2. The van der Waals surface area contributed by atoms with Crippen LogP contribution in [0.15, 0.2) is 24.3 Å². The fraction of sp³-hybridized carbons (Fsp3) is 0. The van der Waals surface area contributed by atoms with E-state index in [1.807, 2.05) is 0 Å². The van der Waals surface area contributed by atoms with Gasteiger partial charge in [0, 0.05) is 12.1 Å². The van der Waals surface area contributed by atoms with Gasteiger partial charge in [-0.3, -0.25) is 0 Å². The quantitative estimate of drug-likeness (QED) is 0.778. The second-order valence-electron chi connectivity index (χ2n) is 2.37. The second kappa shape index (κ2) is 5.34. The number of aliphatic carboxylic acids is 1. The second-order valence-corrected chi connectivity index (χ2v) is 2.37. The first-order chi connectivity index (χ1) is 6.08. The summed E-state index contributed by atoms with van der Waals surface area (Å²) in [4.78, 5) is 10.1. The molecule has 0 aliphatic carbocycles. The van der Waals surface area contributed by atoms with Crippen LogP contribution in [-0.4, -0.2) is 11.1 Å². The van der Waals surface area contributed by atoms with Crippen LogP contribution in [0.4, 0.5) is 8.78 Å². The van der Waals surface area contributed by atoms with Crippen molar-refractivity contribution in [2.75, 3.05) is 0 Å². The highest BCUT2D eigenvalue weighted by Gasteiger charge is 1.97. The van der Waals surface area contributed by atoms with E-state index in [4.69, 9.17) is 5.11 Å². The maximum Gasteiger partial charge on any atom is 0.328 e. The largest absolute Gasteiger partial charge is 0.478 e. The molecule has 1 rings (SSSR count). The Morgan fingerprint density at radius 1 is 1.21 bits per heavy atom. The van der Waals surface area contributed by atoms with E-state index in [0.29, 0.717) is 0 Å². The Balaban J connectivity index is 0.00000169. The van der Waals surface area contributed by atoms with E-state index in [9.17, 15) is 13.6 Å². The Kier molecular flexibility index (Phi) is 4.80. The predicted molar refractivity (Wildman–Crippen MR) is 50.3 cm³/mol. The molecule has 0 aromatic heterocycles. The van der Waals surface area contributed by atoms with Crippen LogP contribution in [0.3, 0.4) is 0 Å². The molecule has 0 spiro atoms. The van der Waals surface area contributed by atoms with E-state index in [1.165, 1.54) is 0 Å². The van der Waals surface area contributed by atoms with E-state index in [1.54, 1.807) is 0 Å². The highest BCUT2D eigenvalue weighted by atomic mass is 35.5. The summed E-state index contributed by atoms with van der Waals surface area (Å²) in [7, 11) is 0. The summed E-state index contributed by atoms with van der Waals surface area (Å²) in [5.41, 5.74) is 0.180. The highest BCUT2D eigenvalue weighted by molar-refractivity contribution is 5.85. The van der Waals surface area contributed by atoms with Crippen LogP contribution < -0.4 is 0 Å². The molecular formula is C9H7ClF2O2. The van der Waals surface area contributed by atoms with E-state index >= 15 is 0 Å². The van der Waals surface area contributed by atoms with E-state index in [0.717, 1.165) is 30.4 Å². The number of hydrogen-bond donors (Lipinski definition) is 1. The van der Waals surface area contributed by atoms with Crippen LogP contribution in [0.25, 0.3) is 6.08 Å². The molecular weight excluding hydrogens is 214 g/mol. The van der Waals surface area contributed by atoms with Crippen molar-refractivity contribution in [3.8, 4) is 0 Å². The minimum absolute atomic E-state index is 0. The summed E-state index contributed by atoms with van der Waals surface area (Å²) < 4.78 is 25.1. The number of halogens is 3. The number of hydrogen-bond acceptors (Lipinski definition) is 1. The average Bonchev–Trinajstić information content (AvgIpc) is 1.99. The van der Waals surface area contributed by atoms with Gasteiger partial charge in [0.05, 0.1) is 0 Å². The summed E-state index contributed by atoms with van der Waals surface area (Å²) in [5.74, 6) is -2.63. The summed E-state index contributed by atoms with van der Waals surface area (Å²) in [6.45, 7) is 0. The van der Waals surface area contributed by atoms with Gasteiger partial charge in [0.2, 0.25) is 0 Å². The smallest absolute Gasteiger partial charge is 0.328 e. The Morgan fingerprint density at radius 2 is 1.71 bits per heavy atom. The third-order valence-corrected chi connectivity index (χ3v) is 1.30. The molecule has 0 saturated carbocycles. The first-order valence-electron chi connectivity index (χ1n) is 3.45. The molecule has 0 saturated heterocycles. The van der Waals surface area contributed by atoms with Crippen molar-refractivity contribution >= 4 is 24.5 Å². The lowest BCUT2D eigenvalue weighted by Crippen LogP contribution is -1.87. The number of rotatable bonds is 2. The predicted octanol–water partition coefficient (Wildman–Crippen LogP) is 2.48. The number of benzene rings is 1. The molecule has 1 aromatic rings. The molecule has 0 aliphatic heterocycles. The van der Waals surface area contributed by atoms with Crippen LogP contribution in [0.1, 0.15) is 5.56 Å². The molecule has 0 atom stereocenters. The van der Waals surface area contributed by atoms with Crippen LogP contribution >= 0.6 is 12.4 Å². The minimum atomic E-state index is -1.16. The Labute approximate surface area is 85.3 Å². The van der Waals surface area contributed by atoms with Crippen molar-refractivity contribution in [3.63, 3.8) is 0 Å². The zero-order chi connectivity index (χ0) is 9.84. The van der Waals surface area contributed by atoms with Gasteiger partial charge in [-0.2, -0.15) is 0 Å². The molecule has 0 aliphatic rings. The van der Waals surface area contributed by atoms with Gasteiger partial charge >= 0.3 is 5.97 Å². The highest BCUT2D eigenvalue weighted by Crippen LogP contribution is 2.09. The third kappa shape index (κ3) is 4.00. The van der Waals surface area contributed by atoms with Crippen molar-refractivity contribution in [3.05, 3.63) is 41.5 Å². The number of carboxylic acid groups (broad SMARTS) is 1. The molecule has 14 heavy (non-hydrogen) atoms. The molecule has 0 unspecified atom stereocenters. The molecule has 0 radical (unpaired) electrons. The van der Waals surface area contributed by atoms with Crippen molar-refractivity contribution < 1.29 is 18.7 Å². The number of carboxylic acids is 1. The summed E-state index contributed by atoms with van der Waals surface area (Å²) in [6, 6.07) is 2.81. The molecule has 2 nitrogen and oxygen atoms in total. The van der Waals surface area contributed by atoms with Gasteiger partial charge in [0.25, 0.3) is 0 Å². The lowest BCUT2D eigenvalue weighted by molar-refractivity contribution is -0.131. The molecule has 0 heterocycles. The van der Waals surface area contributed by atoms with Gasteiger partial charge in [0.15, 0.2) is 0 Å². The maximum absolute atomic E-state index is 12.5. The summed E-state index contributed by atoms with van der Waals surface area (Å²) in [5, 5.41) is 8.24. The van der Waals surface area contributed by atoms with E-state index in [2.05, 4.69) is 0 Å². The van der Waals surface area contributed by atoms with E-state index < -0.39 is 17.6 Å². The van der Waals surface area contributed by atoms with Gasteiger partial charge < -0.3 is 5.11 Å². The van der Waals surface area contributed by atoms with Crippen molar-refractivity contribution in [1.82, 2.24) is 0 Å². The molecule has 5 heteroatoms. The first-order valence-corrected chi connectivity index (χ1v) is 3.45.